The van der Waals surface area contributed by atoms with Crippen molar-refractivity contribution in [2.75, 3.05) is 6.54 Å². The van der Waals surface area contributed by atoms with E-state index >= 15 is 0 Å². The molecule has 0 spiro atoms. The molecular weight excluding hydrogens is 322 g/mol. The van der Waals surface area contributed by atoms with Crippen LogP contribution in [-0.2, 0) is 16.4 Å². The Morgan fingerprint density at radius 1 is 1.12 bits per heavy atom. The maximum atomic E-state index is 12.4. The largest absolute Gasteiger partial charge is 0.358 e. The van der Waals surface area contributed by atoms with E-state index in [2.05, 4.69) is 9.71 Å². The van der Waals surface area contributed by atoms with Crippen LogP contribution in [0, 0.1) is 18.3 Å². The summed E-state index contributed by atoms with van der Waals surface area (Å²) >= 11 is 0. The van der Waals surface area contributed by atoms with Gasteiger partial charge >= 0.3 is 0 Å². The highest BCUT2D eigenvalue weighted by Gasteiger charge is 2.18. The van der Waals surface area contributed by atoms with Crippen molar-refractivity contribution in [3.8, 4) is 6.07 Å². The maximum absolute atomic E-state index is 12.4. The molecular formula is C18H17N3O2S. The van der Waals surface area contributed by atoms with Gasteiger partial charge in [0.1, 0.15) is 6.07 Å². The average Bonchev–Trinajstić information content (AvgIpc) is 2.90. The van der Waals surface area contributed by atoms with Gasteiger partial charge in [-0.2, -0.15) is 5.26 Å². The standard InChI is InChI=1S/C18H17N3O2S/c1-13-15(16-7-3-4-8-17(16)21-13)10-11-20-24(22,23)18-9-5-2-6-14(18)12-19/h2-9,20-21H,10-11H2,1H3. The highest BCUT2D eigenvalue weighted by molar-refractivity contribution is 7.89. The first-order valence-electron chi connectivity index (χ1n) is 7.58. The Labute approximate surface area is 141 Å². The van der Waals surface area contributed by atoms with E-state index in [0.717, 1.165) is 22.2 Å². The summed E-state index contributed by atoms with van der Waals surface area (Å²) in [6, 6.07) is 16.1. The molecule has 0 bridgehead atoms. The van der Waals surface area contributed by atoms with E-state index in [-0.39, 0.29) is 17.0 Å². The Hall–Kier alpha value is -2.62. The molecule has 3 aromatic rings. The summed E-state index contributed by atoms with van der Waals surface area (Å²) in [5.74, 6) is 0. The van der Waals surface area contributed by atoms with Crippen molar-refractivity contribution in [1.82, 2.24) is 9.71 Å². The molecule has 0 fully saturated rings. The van der Waals surface area contributed by atoms with Crippen LogP contribution >= 0.6 is 0 Å². The van der Waals surface area contributed by atoms with Crippen LogP contribution < -0.4 is 4.72 Å². The fourth-order valence-corrected chi connectivity index (χ4v) is 4.03. The quantitative estimate of drug-likeness (QED) is 0.749. The zero-order chi connectivity index (χ0) is 17.2. The summed E-state index contributed by atoms with van der Waals surface area (Å²) < 4.78 is 27.4. The van der Waals surface area contributed by atoms with Gasteiger partial charge in [-0.05, 0) is 37.1 Å². The number of para-hydroxylation sites is 1. The van der Waals surface area contributed by atoms with Crippen molar-refractivity contribution < 1.29 is 8.42 Å². The highest BCUT2D eigenvalue weighted by atomic mass is 32.2. The van der Waals surface area contributed by atoms with Crippen molar-refractivity contribution in [2.24, 2.45) is 0 Å². The lowest BCUT2D eigenvalue weighted by atomic mass is 10.1. The van der Waals surface area contributed by atoms with Crippen molar-refractivity contribution in [3.63, 3.8) is 0 Å². The summed E-state index contributed by atoms with van der Waals surface area (Å²) in [6.45, 7) is 2.25. The van der Waals surface area contributed by atoms with E-state index in [1.54, 1.807) is 12.1 Å². The molecule has 122 valence electrons. The molecule has 2 N–H and O–H groups in total. The van der Waals surface area contributed by atoms with Crippen molar-refractivity contribution in [2.45, 2.75) is 18.2 Å². The van der Waals surface area contributed by atoms with Crippen molar-refractivity contribution >= 4 is 20.9 Å². The number of hydrogen-bond acceptors (Lipinski definition) is 3. The summed E-state index contributed by atoms with van der Waals surface area (Å²) in [4.78, 5) is 3.32. The van der Waals surface area contributed by atoms with Crippen LogP contribution in [0.3, 0.4) is 0 Å². The third-order valence-corrected chi connectivity index (χ3v) is 5.51. The predicted octanol–water partition coefficient (Wildman–Crippen LogP) is 2.87. The lowest BCUT2D eigenvalue weighted by Crippen LogP contribution is -2.26. The Morgan fingerprint density at radius 2 is 1.83 bits per heavy atom. The van der Waals surface area contributed by atoms with E-state index in [9.17, 15) is 8.42 Å². The molecule has 0 aliphatic rings. The van der Waals surface area contributed by atoms with Gasteiger partial charge < -0.3 is 4.98 Å². The lowest BCUT2D eigenvalue weighted by molar-refractivity contribution is 0.581. The summed E-state index contributed by atoms with van der Waals surface area (Å²) in [5.41, 5.74) is 3.32. The van der Waals surface area contributed by atoms with Crippen LogP contribution in [0.2, 0.25) is 0 Å². The van der Waals surface area contributed by atoms with Crippen LogP contribution in [0.4, 0.5) is 0 Å². The van der Waals surface area contributed by atoms with E-state index in [4.69, 9.17) is 5.26 Å². The van der Waals surface area contributed by atoms with Gasteiger partial charge in [0.2, 0.25) is 10.0 Å². The first kappa shape index (κ1) is 16.2. The number of H-pyrrole nitrogens is 1. The molecule has 1 heterocycles. The summed E-state index contributed by atoms with van der Waals surface area (Å²) in [5, 5.41) is 10.2. The van der Waals surface area contributed by atoms with Gasteiger partial charge in [-0.3, -0.25) is 0 Å². The fourth-order valence-electron chi connectivity index (χ4n) is 2.84. The number of aromatic nitrogens is 1. The molecule has 0 atom stereocenters. The normalized spacial score (nSPS) is 11.5. The molecule has 1 aromatic heterocycles. The average molecular weight is 339 g/mol. The number of sulfonamides is 1. The van der Waals surface area contributed by atoms with Crippen LogP contribution in [0.15, 0.2) is 53.4 Å². The number of nitriles is 1. The fraction of sp³-hybridized carbons (Fsp3) is 0.167. The summed E-state index contributed by atoms with van der Waals surface area (Å²) in [6.07, 6.45) is 0.573. The number of rotatable bonds is 5. The number of nitrogens with zero attached hydrogens (tertiary/aromatic N) is 1. The molecule has 0 unspecified atom stereocenters. The zero-order valence-electron chi connectivity index (χ0n) is 13.2. The highest BCUT2D eigenvalue weighted by Crippen LogP contribution is 2.22. The molecule has 0 radical (unpaired) electrons. The molecule has 6 heteroatoms. The number of hydrogen-bond donors (Lipinski definition) is 2. The van der Waals surface area contributed by atoms with E-state index in [1.165, 1.54) is 12.1 Å². The minimum atomic E-state index is -3.71. The smallest absolute Gasteiger partial charge is 0.241 e. The van der Waals surface area contributed by atoms with Gasteiger partial charge in [0.05, 0.1) is 10.5 Å². The molecule has 5 nitrogen and oxygen atoms in total. The molecule has 24 heavy (non-hydrogen) atoms. The second-order valence-electron chi connectivity index (χ2n) is 5.53. The van der Waals surface area contributed by atoms with E-state index in [0.29, 0.717) is 6.42 Å². The van der Waals surface area contributed by atoms with Gasteiger partial charge in [-0.15, -0.1) is 0 Å². The Balaban J connectivity index is 1.78. The second kappa shape index (κ2) is 6.48. The Morgan fingerprint density at radius 3 is 2.62 bits per heavy atom. The maximum Gasteiger partial charge on any atom is 0.241 e. The van der Waals surface area contributed by atoms with Crippen LogP contribution in [0.25, 0.3) is 10.9 Å². The minimum absolute atomic E-state index is 0.0168. The van der Waals surface area contributed by atoms with Crippen LogP contribution in [-0.4, -0.2) is 19.9 Å². The van der Waals surface area contributed by atoms with Gasteiger partial charge in [-0.1, -0.05) is 30.3 Å². The van der Waals surface area contributed by atoms with Crippen molar-refractivity contribution in [3.05, 3.63) is 65.4 Å². The van der Waals surface area contributed by atoms with E-state index in [1.807, 2.05) is 37.3 Å². The number of fused-ring (bicyclic) bond motifs is 1. The monoisotopic (exact) mass is 339 g/mol. The van der Waals surface area contributed by atoms with Gasteiger partial charge in [0, 0.05) is 23.1 Å². The first-order valence-corrected chi connectivity index (χ1v) is 9.06. The van der Waals surface area contributed by atoms with Crippen LogP contribution in [0.1, 0.15) is 16.8 Å². The number of nitrogens with one attached hydrogen (secondary N) is 2. The summed E-state index contributed by atoms with van der Waals surface area (Å²) in [7, 11) is -3.71. The third kappa shape index (κ3) is 3.04. The topological polar surface area (TPSA) is 85.8 Å². The Kier molecular flexibility index (Phi) is 4.38. The second-order valence-corrected chi connectivity index (χ2v) is 7.27. The number of aromatic amines is 1. The molecule has 3 rings (SSSR count). The third-order valence-electron chi connectivity index (χ3n) is 3.99. The van der Waals surface area contributed by atoms with Gasteiger partial charge in [-0.25, -0.2) is 13.1 Å². The SMILES string of the molecule is Cc1[nH]c2ccccc2c1CCNS(=O)(=O)c1ccccc1C#N. The molecule has 0 aliphatic heterocycles. The first-order chi connectivity index (χ1) is 11.5. The lowest BCUT2D eigenvalue weighted by Gasteiger charge is -2.08. The predicted molar refractivity (Wildman–Crippen MR) is 93.1 cm³/mol. The molecule has 2 aromatic carbocycles. The zero-order valence-corrected chi connectivity index (χ0v) is 14.0. The molecule has 0 amide bonds. The number of benzene rings is 2. The van der Waals surface area contributed by atoms with E-state index < -0.39 is 10.0 Å². The van der Waals surface area contributed by atoms with Gasteiger partial charge in [0.25, 0.3) is 0 Å². The molecule has 0 aliphatic carbocycles. The minimum Gasteiger partial charge on any atom is -0.358 e. The van der Waals surface area contributed by atoms with Crippen LogP contribution in [0.5, 0.6) is 0 Å². The molecule has 0 saturated carbocycles. The number of aryl methyl sites for hydroxylation is 1. The van der Waals surface area contributed by atoms with Crippen molar-refractivity contribution in [1.29, 1.82) is 5.26 Å². The van der Waals surface area contributed by atoms with Gasteiger partial charge in [0.15, 0.2) is 0 Å². The molecule has 0 saturated heterocycles. The Bertz CT molecular complexity index is 1030.